The van der Waals surface area contributed by atoms with Crippen LogP contribution in [0.3, 0.4) is 0 Å². The fourth-order valence-electron chi connectivity index (χ4n) is 6.49. The molecule has 1 aromatic heterocycles. The lowest BCUT2D eigenvalue weighted by molar-refractivity contribution is -0.153. The van der Waals surface area contributed by atoms with Crippen molar-refractivity contribution in [3.05, 3.63) is 58.1 Å². The van der Waals surface area contributed by atoms with Crippen molar-refractivity contribution < 1.29 is 39.2 Å². The second-order valence-electron chi connectivity index (χ2n) is 11.0. The number of benzene rings is 1. The topological polar surface area (TPSA) is 178 Å². The van der Waals surface area contributed by atoms with Crippen LogP contribution in [0, 0.1) is 11.8 Å². The number of phenolic OH excluding ortho intramolecular Hbond substituents is 1. The van der Waals surface area contributed by atoms with E-state index in [1.807, 2.05) is 25.1 Å². The third-order valence-electron chi connectivity index (χ3n) is 8.08. The largest absolute Gasteiger partial charge is 0.508 e. The van der Waals surface area contributed by atoms with Crippen molar-refractivity contribution in [2.75, 3.05) is 28.2 Å². The van der Waals surface area contributed by atoms with Gasteiger partial charge in [-0.2, -0.15) is 0 Å². The highest BCUT2D eigenvalue weighted by molar-refractivity contribution is 6.24. The number of aliphatic hydroxyl groups excluding tert-OH is 2. The Morgan fingerprint density at radius 3 is 2.44 bits per heavy atom. The molecule has 11 nitrogen and oxygen atoms in total. The Hall–Kier alpha value is -3.93. The smallest absolute Gasteiger partial charge is 0.255 e. The number of nitrogens with zero attached hydrogens (tertiary/aromatic N) is 2. The number of amides is 1. The third kappa shape index (κ3) is 3.72. The predicted molar refractivity (Wildman–Crippen MR) is 139 cm³/mol. The lowest BCUT2D eigenvalue weighted by Gasteiger charge is -2.50. The molecule has 1 saturated carbocycles. The second-order valence-corrected chi connectivity index (χ2v) is 11.0. The van der Waals surface area contributed by atoms with E-state index in [-0.39, 0.29) is 29.7 Å². The molecular formula is C28H31N3O8. The van der Waals surface area contributed by atoms with Crippen molar-refractivity contribution in [2.24, 2.45) is 17.6 Å². The first-order valence-corrected chi connectivity index (χ1v) is 12.5. The van der Waals surface area contributed by atoms with Gasteiger partial charge in [-0.25, -0.2) is 0 Å². The van der Waals surface area contributed by atoms with Crippen molar-refractivity contribution in [2.45, 2.75) is 31.0 Å². The van der Waals surface area contributed by atoms with E-state index in [0.717, 1.165) is 5.56 Å². The molecular weight excluding hydrogens is 506 g/mol. The lowest BCUT2D eigenvalue weighted by Crippen LogP contribution is -2.65. The van der Waals surface area contributed by atoms with Gasteiger partial charge < -0.3 is 35.5 Å². The van der Waals surface area contributed by atoms with E-state index in [4.69, 9.17) is 10.2 Å². The minimum Gasteiger partial charge on any atom is -0.508 e. The number of furan rings is 1. The second kappa shape index (κ2) is 9.08. The molecule has 206 valence electrons. The maximum atomic E-state index is 13.9. The monoisotopic (exact) mass is 537 g/mol. The number of aliphatic hydroxyl groups is 3. The summed E-state index contributed by atoms with van der Waals surface area (Å²) >= 11 is 0. The average Bonchev–Trinajstić information content (AvgIpc) is 3.28. The molecule has 6 N–H and O–H groups in total. The van der Waals surface area contributed by atoms with Crippen LogP contribution in [-0.2, 0) is 27.3 Å². The summed E-state index contributed by atoms with van der Waals surface area (Å²) in [6.45, 7) is 0.575. The number of carbonyl (C=O) groups excluding carboxylic acids is 3. The van der Waals surface area contributed by atoms with E-state index in [0.29, 0.717) is 23.4 Å². The Bertz CT molecular complexity index is 1480. The van der Waals surface area contributed by atoms with Crippen LogP contribution in [-0.4, -0.2) is 87.5 Å². The minimum atomic E-state index is -2.67. The first-order valence-electron chi connectivity index (χ1n) is 12.5. The highest BCUT2D eigenvalue weighted by Gasteiger charge is 2.64. The standard InChI is InChI=1S/C28H31N3O8/c1-30(2)11-12-7-8-39-24(12)14-5-6-17(32)19-15(14)9-13-10-16-21(31(3)4)23(34)20(27(29)37)26(36)28(16,38)25(35)18(13)22(19)33/h5-8,13,16,21,32-33,36,38H,9-11H2,1-4H3,(H2,29,37)/t13-,16-,21-,28-/m0/s1. The maximum absolute atomic E-state index is 13.9. The van der Waals surface area contributed by atoms with Gasteiger partial charge in [0.2, 0.25) is 5.78 Å². The van der Waals surface area contributed by atoms with Crippen LogP contribution in [0.15, 0.2) is 45.8 Å². The number of phenols is 1. The van der Waals surface area contributed by atoms with Gasteiger partial charge in [0.1, 0.15) is 28.6 Å². The molecule has 1 amide bonds. The number of rotatable bonds is 5. The van der Waals surface area contributed by atoms with Gasteiger partial charge in [-0.05, 0) is 70.7 Å². The summed E-state index contributed by atoms with van der Waals surface area (Å²) in [7, 11) is 6.96. The number of likely N-dealkylation sites (N-methyl/N-ethyl adjacent to an activating group) is 1. The first-order chi connectivity index (χ1) is 18.3. The fraction of sp³-hybridized carbons (Fsp3) is 0.393. The Morgan fingerprint density at radius 2 is 1.82 bits per heavy atom. The zero-order valence-corrected chi connectivity index (χ0v) is 22.1. The minimum absolute atomic E-state index is 0.0174. The molecule has 3 aliphatic carbocycles. The number of carbonyl (C=O) groups is 3. The molecule has 39 heavy (non-hydrogen) atoms. The van der Waals surface area contributed by atoms with Gasteiger partial charge in [-0.3, -0.25) is 19.3 Å². The van der Waals surface area contributed by atoms with Gasteiger partial charge in [0.15, 0.2) is 11.4 Å². The number of nitrogens with two attached hydrogens (primary N) is 1. The van der Waals surface area contributed by atoms with E-state index >= 15 is 0 Å². The summed E-state index contributed by atoms with van der Waals surface area (Å²) in [5.41, 5.74) is 3.75. The highest BCUT2D eigenvalue weighted by Crippen LogP contribution is 2.53. The number of primary amides is 1. The first kappa shape index (κ1) is 26.7. The number of aromatic hydroxyl groups is 1. The van der Waals surface area contributed by atoms with Crippen LogP contribution < -0.4 is 5.73 Å². The van der Waals surface area contributed by atoms with E-state index in [2.05, 4.69) is 0 Å². The molecule has 0 bridgehead atoms. The van der Waals surface area contributed by atoms with Gasteiger partial charge >= 0.3 is 0 Å². The van der Waals surface area contributed by atoms with Crippen molar-refractivity contribution in [3.8, 4) is 17.1 Å². The number of hydrogen-bond donors (Lipinski definition) is 5. The Balaban J connectivity index is 1.72. The highest BCUT2D eigenvalue weighted by atomic mass is 16.3. The molecule has 11 heteroatoms. The Labute approximate surface area is 224 Å². The summed E-state index contributed by atoms with van der Waals surface area (Å²) in [6, 6.07) is 3.78. The van der Waals surface area contributed by atoms with Crippen LogP contribution in [0.1, 0.15) is 23.1 Å². The summed E-state index contributed by atoms with van der Waals surface area (Å²) in [5.74, 6) is -6.27. The number of ketones is 2. The molecule has 4 atom stereocenters. The molecule has 0 unspecified atom stereocenters. The third-order valence-corrected chi connectivity index (χ3v) is 8.08. The molecule has 0 saturated heterocycles. The molecule has 1 heterocycles. The summed E-state index contributed by atoms with van der Waals surface area (Å²) in [4.78, 5) is 42.7. The Kier molecular flexibility index (Phi) is 6.21. The predicted octanol–water partition coefficient (Wildman–Crippen LogP) is 1.29. The lowest BCUT2D eigenvalue weighted by atomic mass is 9.57. The van der Waals surface area contributed by atoms with E-state index < -0.39 is 58.0 Å². The molecule has 3 aliphatic rings. The zero-order valence-electron chi connectivity index (χ0n) is 22.1. The SMILES string of the molecule is CN(C)Cc1ccoc1-c1ccc(O)c2c1C[C@H]1C[C@H]3[C@H](N(C)C)C(=O)C(C(N)=O)=C(O)[C@@]3(O)C(=O)C1=C2O. The molecule has 0 aliphatic heterocycles. The van der Waals surface area contributed by atoms with Crippen LogP contribution in [0.25, 0.3) is 17.1 Å². The summed E-state index contributed by atoms with van der Waals surface area (Å²) < 4.78 is 5.82. The van der Waals surface area contributed by atoms with Crippen LogP contribution in [0.2, 0.25) is 0 Å². The molecule has 5 rings (SSSR count). The Morgan fingerprint density at radius 1 is 1.13 bits per heavy atom. The van der Waals surface area contributed by atoms with Crippen molar-refractivity contribution >= 4 is 23.2 Å². The van der Waals surface area contributed by atoms with Crippen LogP contribution in [0.4, 0.5) is 0 Å². The normalized spacial score (nSPS) is 26.7. The maximum Gasteiger partial charge on any atom is 0.255 e. The average molecular weight is 538 g/mol. The zero-order chi connectivity index (χ0) is 28.5. The quantitative estimate of drug-likeness (QED) is 0.349. The number of Topliss-reactive ketones (excluding diaryl/α,β-unsaturated/α-hetero) is 2. The van der Waals surface area contributed by atoms with Crippen molar-refractivity contribution in [3.63, 3.8) is 0 Å². The van der Waals surface area contributed by atoms with Gasteiger partial charge in [-0.15, -0.1) is 0 Å². The van der Waals surface area contributed by atoms with E-state index in [9.17, 15) is 34.8 Å². The van der Waals surface area contributed by atoms with Gasteiger partial charge in [0, 0.05) is 29.2 Å². The molecule has 1 aromatic carbocycles. The molecule has 2 aromatic rings. The van der Waals surface area contributed by atoms with Crippen molar-refractivity contribution in [1.82, 2.24) is 9.80 Å². The molecule has 1 fully saturated rings. The number of fused-ring (bicyclic) bond motifs is 3. The fourth-order valence-corrected chi connectivity index (χ4v) is 6.49. The van der Waals surface area contributed by atoms with Gasteiger partial charge in [0.25, 0.3) is 5.91 Å². The van der Waals surface area contributed by atoms with E-state index in [1.54, 1.807) is 26.4 Å². The van der Waals surface area contributed by atoms with Gasteiger partial charge in [-0.1, -0.05) is 0 Å². The molecule has 0 radical (unpaired) electrons. The molecule has 0 spiro atoms. The van der Waals surface area contributed by atoms with Crippen LogP contribution >= 0.6 is 0 Å². The van der Waals surface area contributed by atoms with Gasteiger partial charge in [0.05, 0.1) is 17.9 Å². The van der Waals surface area contributed by atoms with E-state index in [1.165, 1.54) is 11.0 Å². The van der Waals surface area contributed by atoms with Crippen molar-refractivity contribution in [1.29, 1.82) is 0 Å². The number of hydrogen-bond acceptors (Lipinski definition) is 10. The summed E-state index contributed by atoms with van der Waals surface area (Å²) in [6.07, 6.45) is 1.76. The van der Waals surface area contributed by atoms with Crippen LogP contribution in [0.5, 0.6) is 5.75 Å². The summed E-state index contributed by atoms with van der Waals surface area (Å²) in [5, 5.41) is 44.8.